The lowest BCUT2D eigenvalue weighted by molar-refractivity contribution is -0.139. The van der Waals surface area contributed by atoms with Crippen molar-refractivity contribution in [2.75, 3.05) is 27.7 Å². The van der Waals surface area contributed by atoms with Gasteiger partial charge in [0.2, 0.25) is 16.0 Å². The molecule has 0 bridgehead atoms. The average molecular weight is 553 g/mol. The summed E-state index contributed by atoms with van der Waals surface area (Å²) in [6.07, 6.45) is -2.89. The van der Waals surface area contributed by atoms with Crippen molar-refractivity contribution in [2.24, 2.45) is 0 Å². The van der Waals surface area contributed by atoms with Gasteiger partial charge in [0.05, 0.1) is 12.4 Å². The smallest absolute Gasteiger partial charge is 0.365 e. The highest BCUT2D eigenvalue weighted by Crippen LogP contribution is 2.35. The third-order valence-electron chi connectivity index (χ3n) is 5.61. The van der Waals surface area contributed by atoms with Crippen molar-refractivity contribution in [3.05, 3.63) is 65.5 Å². The molecule has 3 aromatic rings. The highest BCUT2D eigenvalue weighted by molar-refractivity contribution is 7.92. The van der Waals surface area contributed by atoms with Crippen molar-refractivity contribution in [2.45, 2.75) is 45.4 Å². The van der Waals surface area contributed by atoms with Crippen LogP contribution in [0.1, 0.15) is 43.6 Å². The lowest BCUT2D eigenvalue weighted by Crippen LogP contribution is -2.19. The summed E-state index contributed by atoms with van der Waals surface area (Å²) in [4.78, 5) is 11.9. The molecule has 1 aromatic carbocycles. The minimum atomic E-state index is -4.72. The number of aromatic nitrogens is 3. The van der Waals surface area contributed by atoms with Gasteiger partial charge in [0.1, 0.15) is 23.3 Å². The van der Waals surface area contributed by atoms with Crippen molar-refractivity contribution >= 4 is 33.3 Å². The van der Waals surface area contributed by atoms with Crippen LogP contribution in [0, 0.1) is 0 Å². The Morgan fingerprint density at radius 1 is 1.11 bits per heavy atom. The van der Waals surface area contributed by atoms with E-state index in [1.807, 2.05) is 26.0 Å². The molecule has 3 N–H and O–H groups in total. The highest BCUT2D eigenvalue weighted by atomic mass is 32.2. The van der Waals surface area contributed by atoms with E-state index in [0.29, 0.717) is 24.1 Å². The van der Waals surface area contributed by atoms with Crippen LogP contribution in [0.3, 0.4) is 0 Å². The molecular weight excluding hydrogens is 525 g/mol. The SMILES string of the molecule is CCS(=O)(=O)Nc1ncccc1CNc1nc(Nc2ccc(C3COC(C)(C)O3)cc2)ncc1C(F)(F)F. The molecule has 1 aliphatic heterocycles. The molecular formula is C24H27F3N6O4S. The molecule has 1 atom stereocenters. The third kappa shape index (κ3) is 6.88. The number of benzene rings is 1. The normalized spacial score (nSPS) is 17.3. The number of hydrogen-bond donors (Lipinski definition) is 3. The van der Waals surface area contributed by atoms with Crippen LogP contribution in [-0.2, 0) is 32.2 Å². The van der Waals surface area contributed by atoms with Gasteiger partial charge in [-0.2, -0.15) is 18.2 Å². The second-order valence-corrected chi connectivity index (χ2v) is 10.9. The number of sulfonamides is 1. The van der Waals surface area contributed by atoms with Crippen molar-refractivity contribution in [3.63, 3.8) is 0 Å². The van der Waals surface area contributed by atoms with Crippen LogP contribution in [0.2, 0.25) is 0 Å². The van der Waals surface area contributed by atoms with Crippen LogP contribution >= 0.6 is 0 Å². The Balaban J connectivity index is 1.52. The van der Waals surface area contributed by atoms with Crippen molar-refractivity contribution < 1.29 is 31.1 Å². The van der Waals surface area contributed by atoms with E-state index in [0.717, 1.165) is 5.56 Å². The molecule has 0 aliphatic carbocycles. The minimum Gasteiger partial charge on any atom is -0.365 e. The molecule has 38 heavy (non-hydrogen) atoms. The number of hydrogen-bond acceptors (Lipinski definition) is 9. The van der Waals surface area contributed by atoms with Gasteiger partial charge in [-0.1, -0.05) is 18.2 Å². The predicted molar refractivity (Wildman–Crippen MR) is 135 cm³/mol. The Hall–Kier alpha value is -3.49. The van der Waals surface area contributed by atoms with E-state index < -0.39 is 33.4 Å². The second kappa shape index (κ2) is 10.7. The minimum absolute atomic E-state index is 0.0166. The number of anilines is 4. The number of ether oxygens (including phenoxy) is 2. The van der Waals surface area contributed by atoms with E-state index >= 15 is 0 Å². The van der Waals surface area contributed by atoms with Gasteiger partial charge in [-0.15, -0.1) is 0 Å². The molecule has 1 fully saturated rings. The van der Waals surface area contributed by atoms with E-state index in [1.54, 1.807) is 24.3 Å². The van der Waals surface area contributed by atoms with Crippen LogP contribution in [0.4, 0.5) is 36.4 Å². The number of halogens is 3. The van der Waals surface area contributed by atoms with Gasteiger partial charge < -0.3 is 20.1 Å². The summed E-state index contributed by atoms with van der Waals surface area (Å²) in [5, 5.41) is 5.54. The Bertz CT molecular complexity index is 1380. The summed E-state index contributed by atoms with van der Waals surface area (Å²) >= 11 is 0. The molecule has 204 valence electrons. The summed E-state index contributed by atoms with van der Waals surface area (Å²) in [7, 11) is -3.64. The van der Waals surface area contributed by atoms with E-state index in [-0.39, 0.29) is 30.2 Å². The lowest BCUT2D eigenvalue weighted by Gasteiger charge is -2.17. The van der Waals surface area contributed by atoms with Crippen LogP contribution < -0.4 is 15.4 Å². The topological polar surface area (TPSA) is 127 Å². The van der Waals surface area contributed by atoms with Crippen LogP contribution in [0.5, 0.6) is 0 Å². The molecule has 1 unspecified atom stereocenters. The number of pyridine rings is 1. The molecule has 4 rings (SSSR count). The van der Waals surface area contributed by atoms with E-state index in [9.17, 15) is 21.6 Å². The molecule has 0 amide bonds. The zero-order valence-corrected chi connectivity index (χ0v) is 21.7. The largest absolute Gasteiger partial charge is 0.421 e. The predicted octanol–water partition coefficient (Wildman–Crippen LogP) is 4.83. The summed E-state index contributed by atoms with van der Waals surface area (Å²) in [5.41, 5.74) is 0.713. The highest BCUT2D eigenvalue weighted by Gasteiger charge is 2.36. The maximum atomic E-state index is 13.7. The summed E-state index contributed by atoms with van der Waals surface area (Å²) in [6.45, 7) is 5.35. The number of nitrogens with one attached hydrogen (secondary N) is 3. The first-order chi connectivity index (χ1) is 17.9. The maximum Gasteiger partial charge on any atom is 0.421 e. The zero-order chi connectivity index (χ0) is 27.6. The van der Waals surface area contributed by atoms with Crippen LogP contribution in [0.25, 0.3) is 0 Å². The third-order valence-corrected chi connectivity index (χ3v) is 6.88. The van der Waals surface area contributed by atoms with Gasteiger partial charge in [0.25, 0.3) is 0 Å². The molecule has 3 heterocycles. The van der Waals surface area contributed by atoms with Crippen LogP contribution in [0.15, 0.2) is 48.8 Å². The van der Waals surface area contributed by atoms with E-state index in [2.05, 4.69) is 30.3 Å². The van der Waals surface area contributed by atoms with Crippen molar-refractivity contribution in [1.29, 1.82) is 0 Å². The van der Waals surface area contributed by atoms with E-state index in [4.69, 9.17) is 9.47 Å². The fourth-order valence-corrected chi connectivity index (χ4v) is 4.24. The number of nitrogens with zero attached hydrogens (tertiary/aromatic N) is 3. The maximum absolute atomic E-state index is 13.7. The first kappa shape index (κ1) is 27.5. The molecule has 0 spiro atoms. The molecule has 1 aliphatic rings. The Kier molecular flexibility index (Phi) is 7.76. The molecule has 1 saturated heterocycles. The Morgan fingerprint density at radius 2 is 1.84 bits per heavy atom. The molecule has 0 radical (unpaired) electrons. The Labute approximate surface area is 218 Å². The Morgan fingerprint density at radius 3 is 2.47 bits per heavy atom. The summed E-state index contributed by atoms with van der Waals surface area (Å²) < 4.78 is 78.6. The fraction of sp³-hybridized carbons (Fsp3) is 0.375. The monoisotopic (exact) mass is 552 g/mol. The van der Waals surface area contributed by atoms with Gasteiger partial charge in [-0.3, -0.25) is 4.72 Å². The van der Waals surface area contributed by atoms with Gasteiger partial charge in [0, 0.05) is 30.2 Å². The van der Waals surface area contributed by atoms with Gasteiger partial charge in [-0.25, -0.2) is 18.4 Å². The number of rotatable bonds is 9. The molecule has 10 nitrogen and oxygen atoms in total. The first-order valence-corrected chi connectivity index (χ1v) is 13.3. The zero-order valence-electron chi connectivity index (χ0n) is 20.8. The second-order valence-electron chi connectivity index (χ2n) is 8.89. The standard InChI is InChI=1S/C24H27F3N6O4S/c1-4-38(34,35)33-20-16(6-5-11-28-20)12-29-21-18(24(25,26)27)13-30-22(32-21)31-17-9-7-15(8-10-17)19-14-36-23(2,3)37-19/h5-11,13,19H,4,12,14H2,1-3H3,(H,28,33)(H2,29,30,31,32). The molecule has 2 aromatic heterocycles. The molecule has 0 saturated carbocycles. The van der Waals surface area contributed by atoms with Crippen LogP contribution in [-0.4, -0.2) is 41.5 Å². The van der Waals surface area contributed by atoms with Crippen molar-refractivity contribution in [3.8, 4) is 0 Å². The van der Waals surface area contributed by atoms with E-state index in [1.165, 1.54) is 13.1 Å². The summed E-state index contributed by atoms with van der Waals surface area (Å²) in [5.74, 6) is -1.37. The average Bonchev–Trinajstić information content (AvgIpc) is 3.22. The quantitative estimate of drug-likeness (QED) is 0.342. The van der Waals surface area contributed by atoms with Gasteiger partial charge >= 0.3 is 6.18 Å². The first-order valence-electron chi connectivity index (χ1n) is 11.7. The fourth-order valence-electron chi connectivity index (χ4n) is 3.62. The lowest BCUT2D eigenvalue weighted by atomic mass is 10.1. The van der Waals surface area contributed by atoms with Gasteiger partial charge in [-0.05, 0) is 44.5 Å². The number of alkyl halides is 3. The van der Waals surface area contributed by atoms with Gasteiger partial charge in [0.15, 0.2) is 5.79 Å². The van der Waals surface area contributed by atoms with Crippen molar-refractivity contribution in [1.82, 2.24) is 15.0 Å². The summed E-state index contributed by atoms with van der Waals surface area (Å²) in [6, 6.07) is 10.2. The molecule has 14 heteroatoms.